The van der Waals surface area contributed by atoms with Crippen LogP contribution in [0.25, 0.3) is 0 Å². The highest BCUT2D eigenvalue weighted by atomic mass is 16.5. The van der Waals surface area contributed by atoms with Gasteiger partial charge >= 0.3 is 0 Å². The maximum absolute atomic E-state index is 13.3. The Balaban J connectivity index is 1.75. The smallest absolute Gasteiger partial charge is 0.235 e. The number of rotatable bonds is 7. The molecule has 2 aromatic rings. The van der Waals surface area contributed by atoms with Crippen molar-refractivity contribution < 1.29 is 19.0 Å². The molecule has 1 aliphatic heterocycles. The van der Waals surface area contributed by atoms with E-state index in [0.717, 1.165) is 22.6 Å². The van der Waals surface area contributed by atoms with E-state index in [4.69, 9.17) is 14.2 Å². The molecular formula is C22H27NO4. The largest absolute Gasteiger partial charge is 0.491 e. The summed E-state index contributed by atoms with van der Waals surface area (Å²) in [5, 5.41) is 3.09. The molecule has 1 N–H and O–H groups in total. The second-order valence-electron chi connectivity index (χ2n) is 6.88. The Bertz CT molecular complexity index is 751. The van der Waals surface area contributed by atoms with Gasteiger partial charge in [-0.2, -0.15) is 0 Å². The summed E-state index contributed by atoms with van der Waals surface area (Å²) >= 11 is 0. The zero-order chi connectivity index (χ0) is 19.1. The zero-order valence-corrected chi connectivity index (χ0v) is 16.0. The summed E-state index contributed by atoms with van der Waals surface area (Å²) in [5.41, 5.74) is 2.42. The Morgan fingerprint density at radius 3 is 2.52 bits per heavy atom. The molecule has 1 amide bonds. The van der Waals surface area contributed by atoms with E-state index in [1.807, 2.05) is 36.4 Å². The predicted molar refractivity (Wildman–Crippen MR) is 105 cm³/mol. The quantitative estimate of drug-likeness (QED) is 0.756. The minimum Gasteiger partial charge on any atom is -0.491 e. The number of methoxy groups -OCH3 is 1. The van der Waals surface area contributed by atoms with Crippen molar-refractivity contribution in [2.45, 2.75) is 25.2 Å². The van der Waals surface area contributed by atoms with Gasteiger partial charge in [-0.05, 0) is 49.6 Å². The first-order valence-corrected chi connectivity index (χ1v) is 9.32. The van der Waals surface area contributed by atoms with E-state index < -0.39 is 5.41 Å². The highest BCUT2D eigenvalue weighted by Crippen LogP contribution is 2.36. The van der Waals surface area contributed by atoms with Gasteiger partial charge in [0.05, 0.1) is 12.0 Å². The van der Waals surface area contributed by atoms with E-state index in [0.29, 0.717) is 39.3 Å². The van der Waals surface area contributed by atoms with E-state index in [1.54, 1.807) is 7.11 Å². The summed E-state index contributed by atoms with van der Waals surface area (Å²) in [7, 11) is 1.64. The van der Waals surface area contributed by atoms with Gasteiger partial charge in [-0.1, -0.05) is 29.8 Å². The Morgan fingerprint density at radius 2 is 1.85 bits per heavy atom. The predicted octanol–water partition coefficient (Wildman–Crippen LogP) is 3.71. The molecule has 1 aliphatic rings. The van der Waals surface area contributed by atoms with Crippen LogP contribution in [-0.2, 0) is 19.7 Å². The number of benzene rings is 2. The first-order chi connectivity index (χ1) is 13.1. The van der Waals surface area contributed by atoms with E-state index in [9.17, 15) is 4.79 Å². The van der Waals surface area contributed by atoms with E-state index in [-0.39, 0.29) is 5.91 Å². The van der Waals surface area contributed by atoms with E-state index in [1.165, 1.54) is 0 Å². The number of hydrogen-bond acceptors (Lipinski definition) is 4. The maximum atomic E-state index is 13.3. The normalized spacial score (nSPS) is 15.9. The molecule has 0 aliphatic carbocycles. The van der Waals surface area contributed by atoms with Crippen LogP contribution in [0.4, 0.5) is 5.69 Å². The fourth-order valence-corrected chi connectivity index (χ4v) is 3.44. The number of ether oxygens (including phenoxy) is 3. The molecule has 0 radical (unpaired) electrons. The van der Waals surface area contributed by atoms with Gasteiger partial charge in [0.2, 0.25) is 5.91 Å². The minimum atomic E-state index is -0.558. The summed E-state index contributed by atoms with van der Waals surface area (Å²) in [4.78, 5) is 13.3. The molecule has 1 saturated heterocycles. The molecule has 2 aromatic carbocycles. The van der Waals surface area contributed by atoms with Crippen LogP contribution in [0.15, 0.2) is 48.5 Å². The lowest BCUT2D eigenvalue weighted by atomic mass is 9.73. The van der Waals surface area contributed by atoms with Crippen molar-refractivity contribution in [2.24, 2.45) is 0 Å². The summed E-state index contributed by atoms with van der Waals surface area (Å²) in [5.74, 6) is 0.772. The van der Waals surface area contributed by atoms with Crippen molar-refractivity contribution in [3.63, 3.8) is 0 Å². The molecule has 1 fully saturated rings. The first-order valence-electron chi connectivity index (χ1n) is 9.32. The van der Waals surface area contributed by atoms with Gasteiger partial charge < -0.3 is 19.5 Å². The van der Waals surface area contributed by atoms with Gasteiger partial charge in [-0.3, -0.25) is 4.79 Å². The van der Waals surface area contributed by atoms with Crippen molar-refractivity contribution in [3.05, 3.63) is 59.7 Å². The van der Waals surface area contributed by atoms with E-state index in [2.05, 4.69) is 24.4 Å². The Hall–Kier alpha value is -2.37. The molecule has 1 heterocycles. The van der Waals surface area contributed by atoms with Gasteiger partial charge in [0.15, 0.2) is 0 Å². The average Bonchev–Trinajstić information content (AvgIpc) is 2.70. The number of carbonyl (C=O) groups is 1. The molecule has 0 spiro atoms. The molecule has 3 rings (SSSR count). The van der Waals surface area contributed by atoms with Crippen LogP contribution in [0.2, 0.25) is 0 Å². The number of aryl methyl sites for hydroxylation is 1. The van der Waals surface area contributed by atoms with Crippen LogP contribution in [0, 0.1) is 6.92 Å². The second-order valence-corrected chi connectivity index (χ2v) is 6.88. The Kier molecular flexibility index (Phi) is 6.48. The van der Waals surface area contributed by atoms with Crippen molar-refractivity contribution in [3.8, 4) is 5.75 Å². The van der Waals surface area contributed by atoms with Crippen LogP contribution in [-0.4, -0.2) is 39.4 Å². The standard InChI is InChI=1S/C22H27NO4/c1-17-4-3-5-18(16-17)22(10-12-26-13-11-22)21(24)23-19-6-8-20(9-7-19)27-15-14-25-2/h3-9,16H,10-15H2,1-2H3,(H,23,24). The van der Waals surface area contributed by atoms with Gasteiger partial charge in [-0.15, -0.1) is 0 Å². The highest BCUT2D eigenvalue weighted by molar-refractivity contribution is 5.99. The third-order valence-corrected chi connectivity index (χ3v) is 5.02. The topological polar surface area (TPSA) is 56.8 Å². The first kappa shape index (κ1) is 19.4. The fraction of sp³-hybridized carbons (Fsp3) is 0.409. The third kappa shape index (κ3) is 4.67. The lowest BCUT2D eigenvalue weighted by Gasteiger charge is -2.36. The zero-order valence-electron chi connectivity index (χ0n) is 16.0. The average molecular weight is 369 g/mol. The number of amides is 1. The second kappa shape index (κ2) is 9.02. The molecule has 5 nitrogen and oxygen atoms in total. The van der Waals surface area contributed by atoms with Gasteiger partial charge in [0.25, 0.3) is 0 Å². The highest BCUT2D eigenvalue weighted by Gasteiger charge is 2.41. The van der Waals surface area contributed by atoms with Crippen molar-refractivity contribution >= 4 is 11.6 Å². The molecule has 5 heteroatoms. The molecule has 0 bridgehead atoms. The number of anilines is 1. The summed E-state index contributed by atoms with van der Waals surface area (Å²) in [6.07, 6.45) is 1.36. The number of nitrogens with one attached hydrogen (secondary N) is 1. The summed E-state index contributed by atoms with van der Waals surface area (Å²) in [6, 6.07) is 15.7. The van der Waals surface area contributed by atoms with Gasteiger partial charge in [0.1, 0.15) is 12.4 Å². The molecule has 0 unspecified atom stereocenters. The number of carbonyl (C=O) groups excluding carboxylic acids is 1. The molecule has 0 saturated carbocycles. The Morgan fingerprint density at radius 1 is 1.11 bits per heavy atom. The van der Waals surface area contributed by atoms with Gasteiger partial charge in [0, 0.05) is 26.0 Å². The maximum Gasteiger partial charge on any atom is 0.235 e. The summed E-state index contributed by atoms with van der Waals surface area (Å²) < 4.78 is 16.1. The van der Waals surface area contributed by atoms with Crippen LogP contribution in [0.5, 0.6) is 5.75 Å². The van der Waals surface area contributed by atoms with Crippen molar-refractivity contribution in [1.29, 1.82) is 0 Å². The molecule has 144 valence electrons. The lowest BCUT2D eigenvalue weighted by molar-refractivity contribution is -0.125. The third-order valence-electron chi connectivity index (χ3n) is 5.02. The number of hydrogen-bond donors (Lipinski definition) is 1. The van der Waals surface area contributed by atoms with Crippen LogP contribution >= 0.6 is 0 Å². The van der Waals surface area contributed by atoms with E-state index >= 15 is 0 Å². The molecular weight excluding hydrogens is 342 g/mol. The van der Waals surface area contributed by atoms with Gasteiger partial charge in [-0.25, -0.2) is 0 Å². The Labute approximate surface area is 160 Å². The van der Waals surface area contributed by atoms with Crippen LogP contribution in [0.3, 0.4) is 0 Å². The van der Waals surface area contributed by atoms with Crippen molar-refractivity contribution in [1.82, 2.24) is 0 Å². The fourth-order valence-electron chi connectivity index (χ4n) is 3.44. The monoisotopic (exact) mass is 369 g/mol. The van der Waals surface area contributed by atoms with Crippen molar-refractivity contribution in [2.75, 3.05) is 38.9 Å². The summed E-state index contributed by atoms with van der Waals surface area (Å²) in [6.45, 7) is 4.27. The molecule has 27 heavy (non-hydrogen) atoms. The van der Waals surface area contributed by atoms with Crippen LogP contribution < -0.4 is 10.1 Å². The lowest BCUT2D eigenvalue weighted by Crippen LogP contribution is -2.44. The molecule has 0 atom stereocenters. The minimum absolute atomic E-state index is 0.0180. The molecule has 0 aromatic heterocycles. The van der Waals surface area contributed by atoms with Crippen LogP contribution in [0.1, 0.15) is 24.0 Å². The SMILES string of the molecule is COCCOc1ccc(NC(=O)C2(c3cccc(C)c3)CCOCC2)cc1.